The normalized spacial score (nSPS) is 15.1. The maximum absolute atomic E-state index is 9.97. The van der Waals surface area contributed by atoms with Crippen LogP contribution < -0.4 is 0 Å². The summed E-state index contributed by atoms with van der Waals surface area (Å²) >= 11 is 0. The summed E-state index contributed by atoms with van der Waals surface area (Å²) in [6, 6.07) is 10.00. The van der Waals surface area contributed by atoms with Crippen LogP contribution in [-0.2, 0) is 0 Å². The van der Waals surface area contributed by atoms with Gasteiger partial charge < -0.3 is 5.11 Å². The van der Waals surface area contributed by atoms with E-state index in [4.69, 9.17) is 0 Å². The van der Waals surface area contributed by atoms with Crippen molar-refractivity contribution in [3.8, 4) is 0 Å². The molecule has 76 valence electrons. The van der Waals surface area contributed by atoms with Crippen molar-refractivity contribution in [2.45, 2.75) is 25.9 Å². The fourth-order valence-corrected chi connectivity index (χ4v) is 1.56. The van der Waals surface area contributed by atoms with Gasteiger partial charge in [-0.05, 0) is 11.5 Å². The summed E-state index contributed by atoms with van der Waals surface area (Å²) in [5, 5.41) is 9.97. The summed E-state index contributed by atoms with van der Waals surface area (Å²) in [4.78, 5) is 0. The first kappa shape index (κ1) is 11.0. The Bertz CT molecular complexity index is 277. The molecule has 1 aromatic carbocycles. The zero-order valence-electron chi connectivity index (χ0n) is 8.85. The Hall–Kier alpha value is -1.08. The number of aliphatic hydroxyl groups excluding tert-OH is 1. The van der Waals surface area contributed by atoms with E-state index in [1.165, 1.54) is 0 Å². The van der Waals surface area contributed by atoms with Gasteiger partial charge in [-0.15, -0.1) is 6.58 Å². The van der Waals surface area contributed by atoms with E-state index in [-0.39, 0.29) is 17.9 Å². The summed E-state index contributed by atoms with van der Waals surface area (Å²) < 4.78 is 0. The van der Waals surface area contributed by atoms with Crippen molar-refractivity contribution in [2.24, 2.45) is 5.92 Å². The highest BCUT2D eigenvalue weighted by Crippen LogP contribution is 2.24. The Labute approximate surface area is 86.1 Å². The highest BCUT2D eigenvalue weighted by atomic mass is 16.3. The molecule has 1 rings (SSSR count). The lowest BCUT2D eigenvalue weighted by atomic mass is 9.87. The molecule has 1 nitrogen and oxygen atoms in total. The summed E-state index contributed by atoms with van der Waals surface area (Å²) in [6.45, 7) is 7.82. The number of hydrogen-bond donors (Lipinski definition) is 1. The minimum absolute atomic E-state index is 0.0381. The van der Waals surface area contributed by atoms with Gasteiger partial charge >= 0.3 is 0 Å². The highest BCUT2D eigenvalue weighted by Gasteiger charge is 2.20. The minimum Gasteiger partial charge on any atom is -0.392 e. The Morgan fingerprint density at radius 1 is 1.21 bits per heavy atom. The number of benzene rings is 1. The average molecular weight is 190 g/mol. The van der Waals surface area contributed by atoms with Gasteiger partial charge in [0.2, 0.25) is 0 Å². The standard InChI is InChI=1S/C13H18O/c1-4-12(13(14)10(2)3)11-8-6-5-7-9-11/h4-10,12-14H,1H2,2-3H3/t12-,13+/m1/s1. The molecule has 1 aromatic rings. The van der Waals surface area contributed by atoms with Crippen LogP contribution in [0.15, 0.2) is 43.0 Å². The zero-order chi connectivity index (χ0) is 10.6. The monoisotopic (exact) mass is 190 g/mol. The third-order valence-electron chi connectivity index (χ3n) is 2.49. The second kappa shape index (κ2) is 4.97. The number of aliphatic hydroxyl groups is 1. The molecule has 0 bridgehead atoms. The van der Waals surface area contributed by atoms with Crippen LogP contribution in [0, 0.1) is 5.92 Å². The van der Waals surface area contributed by atoms with Crippen LogP contribution in [0.25, 0.3) is 0 Å². The Balaban J connectivity index is 2.88. The molecule has 0 unspecified atom stereocenters. The van der Waals surface area contributed by atoms with E-state index >= 15 is 0 Å². The van der Waals surface area contributed by atoms with Crippen molar-refractivity contribution in [3.63, 3.8) is 0 Å². The van der Waals surface area contributed by atoms with Crippen molar-refractivity contribution in [1.82, 2.24) is 0 Å². The summed E-state index contributed by atoms with van der Waals surface area (Å²) in [5.41, 5.74) is 1.13. The second-order valence-electron chi connectivity index (χ2n) is 3.91. The molecule has 0 heterocycles. The third kappa shape index (κ3) is 2.46. The van der Waals surface area contributed by atoms with Crippen molar-refractivity contribution in [2.75, 3.05) is 0 Å². The molecule has 2 atom stereocenters. The highest BCUT2D eigenvalue weighted by molar-refractivity contribution is 5.24. The van der Waals surface area contributed by atoms with Crippen molar-refractivity contribution >= 4 is 0 Å². The van der Waals surface area contributed by atoms with Gasteiger partial charge in [-0.1, -0.05) is 50.3 Å². The molecule has 14 heavy (non-hydrogen) atoms. The van der Waals surface area contributed by atoms with E-state index in [1.54, 1.807) is 0 Å². The molecular formula is C13H18O. The first-order valence-electron chi connectivity index (χ1n) is 5.02. The second-order valence-corrected chi connectivity index (χ2v) is 3.91. The van der Waals surface area contributed by atoms with Crippen molar-refractivity contribution < 1.29 is 5.11 Å². The molecule has 0 aliphatic rings. The predicted molar refractivity (Wildman–Crippen MR) is 60.2 cm³/mol. The van der Waals surface area contributed by atoms with E-state index in [0.29, 0.717) is 0 Å². The van der Waals surface area contributed by atoms with Gasteiger partial charge in [0, 0.05) is 5.92 Å². The van der Waals surface area contributed by atoms with E-state index in [1.807, 2.05) is 50.3 Å². The molecule has 1 N–H and O–H groups in total. The van der Waals surface area contributed by atoms with Gasteiger partial charge in [-0.3, -0.25) is 0 Å². The van der Waals surface area contributed by atoms with Gasteiger partial charge in [0.15, 0.2) is 0 Å². The Morgan fingerprint density at radius 2 is 1.79 bits per heavy atom. The molecule has 0 aromatic heterocycles. The molecule has 0 aliphatic heterocycles. The van der Waals surface area contributed by atoms with Gasteiger partial charge in [-0.25, -0.2) is 0 Å². The summed E-state index contributed by atoms with van der Waals surface area (Å²) in [7, 11) is 0. The smallest absolute Gasteiger partial charge is 0.0666 e. The lowest BCUT2D eigenvalue weighted by Crippen LogP contribution is -2.22. The quantitative estimate of drug-likeness (QED) is 0.724. The molecular weight excluding hydrogens is 172 g/mol. The molecule has 0 fully saturated rings. The maximum Gasteiger partial charge on any atom is 0.0666 e. The van der Waals surface area contributed by atoms with Gasteiger partial charge in [0.1, 0.15) is 0 Å². The zero-order valence-corrected chi connectivity index (χ0v) is 8.85. The van der Waals surface area contributed by atoms with E-state index in [0.717, 1.165) is 5.56 Å². The van der Waals surface area contributed by atoms with Crippen LogP contribution >= 0.6 is 0 Å². The average Bonchev–Trinajstić information content (AvgIpc) is 2.20. The number of rotatable bonds is 4. The Morgan fingerprint density at radius 3 is 2.21 bits per heavy atom. The predicted octanol–water partition coefficient (Wildman–Crippen LogP) is 2.97. The fourth-order valence-electron chi connectivity index (χ4n) is 1.56. The lowest BCUT2D eigenvalue weighted by Gasteiger charge is -2.23. The number of hydrogen-bond acceptors (Lipinski definition) is 1. The Kier molecular flexibility index (Phi) is 3.90. The van der Waals surface area contributed by atoms with Crippen molar-refractivity contribution in [1.29, 1.82) is 0 Å². The molecule has 0 aliphatic carbocycles. The molecule has 0 radical (unpaired) electrons. The van der Waals surface area contributed by atoms with Crippen LogP contribution in [0.4, 0.5) is 0 Å². The van der Waals surface area contributed by atoms with Crippen molar-refractivity contribution in [3.05, 3.63) is 48.6 Å². The molecule has 1 heteroatoms. The van der Waals surface area contributed by atoms with Gasteiger partial charge in [0.25, 0.3) is 0 Å². The molecule has 0 saturated carbocycles. The molecule has 0 spiro atoms. The van der Waals surface area contributed by atoms with Crippen LogP contribution in [0.1, 0.15) is 25.3 Å². The van der Waals surface area contributed by atoms with Gasteiger partial charge in [-0.2, -0.15) is 0 Å². The maximum atomic E-state index is 9.97. The van der Waals surface area contributed by atoms with Gasteiger partial charge in [0.05, 0.1) is 6.10 Å². The molecule has 0 amide bonds. The largest absolute Gasteiger partial charge is 0.392 e. The minimum atomic E-state index is -0.352. The summed E-state index contributed by atoms with van der Waals surface area (Å²) in [5.74, 6) is 0.286. The van der Waals surface area contributed by atoms with E-state index in [9.17, 15) is 5.11 Å². The van der Waals surface area contributed by atoms with Crippen LogP contribution in [-0.4, -0.2) is 11.2 Å². The SMILES string of the molecule is C=C[C@H](c1ccccc1)[C@@H](O)C(C)C. The molecule has 0 saturated heterocycles. The third-order valence-corrected chi connectivity index (χ3v) is 2.49. The van der Waals surface area contributed by atoms with Crippen LogP contribution in [0.5, 0.6) is 0 Å². The lowest BCUT2D eigenvalue weighted by molar-refractivity contribution is 0.111. The van der Waals surface area contributed by atoms with Crippen LogP contribution in [0.3, 0.4) is 0 Å². The topological polar surface area (TPSA) is 20.2 Å². The van der Waals surface area contributed by atoms with E-state index in [2.05, 4.69) is 6.58 Å². The van der Waals surface area contributed by atoms with Crippen LogP contribution in [0.2, 0.25) is 0 Å². The van der Waals surface area contributed by atoms with E-state index < -0.39 is 0 Å². The first-order valence-corrected chi connectivity index (χ1v) is 5.02. The fraction of sp³-hybridized carbons (Fsp3) is 0.385. The summed E-state index contributed by atoms with van der Waals surface area (Å²) in [6.07, 6.45) is 1.47. The first-order chi connectivity index (χ1) is 6.66.